The molecule has 4 nitrogen and oxygen atoms in total. The van der Waals surface area contributed by atoms with Crippen LogP contribution in [0.4, 0.5) is 0 Å². The maximum atomic E-state index is 12.0. The first-order chi connectivity index (χ1) is 10.0. The largest absolute Gasteiger partial charge is 0.492 e. The lowest BCUT2D eigenvalue weighted by Gasteiger charge is -2.25. The Kier molecular flexibility index (Phi) is 7.69. The monoisotopic (exact) mass is 326 g/mol. The quantitative estimate of drug-likeness (QED) is 0.818. The molecular formula is C17H27ClN2O2. The number of nitrogens with two attached hydrogens (primary N) is 1. The third kappa shape index (κ3) is 5.85. The molecule has 3 N–H and O–H groups in total. The minimum Gasteiger partial charge on any atom is -0.492 e. The van der Waals surface area contributed by atoms with Gasteiger partial charge in [0.2, 0.25) is 5.91 Å². The molecule has 1 amide bonds. The maximum absolute atomic E-state index is 12.0. The Bertz CT molecular complexity index is 473. The van der Waals surface area contributed by atoms with Crippen LogP contribution in [0.3, 0.4) is 0 Å². The van der Waals surface area contributed by atoms with Crippen molar-refractivity contribution in [1.29, 1.82) is 0 Å². The Labute approximate surface area is 139 Å². The van der Waals surface area contributed by atoms with E-state index in [1.165, 1.54) is 11.1 Å². The molecule has 124 valence electrons. The van der Waals surface area contributed by atoms with Crippen LogP contribution in [0.25, 0.3) is 0 Å². The highest BCUT2D eigenvalue weighted by Crippen LogP contribution is 2.23. The van der Waals surface area contributed by atoms with E-state index in [1.54, 1.807) is 0 Å². The number of nitrogens with one attached hydrogen (secondary N) is 1. The first-order valence-corrected chi connectivity index (χ1v) is 7.79. The average Bonchev–Trinajstić information content (AvgIpc) is 2.42. The van der Waals surface area contributed by atoms with Crippen LogP contribution in [0.1, 0.15) is 36.8 Å². The van der Waals surface area contributed by atoms with Crippen LogP contribution >= 0.6 is 12.4 Å². The Morgan fingerprint density at radius 1 is 1.27 bits per heavy atom. The second-order valence-corrected chi connectivity index (χ2v) is 6.09. The number of ether oxygens (including phenoxy) is 1. The van der Waals surface area contributed by atoms with Gasteiger partial charge in [-0.3, -0.25) is 4.79 Å². The molecule has 1 aliphatic rings. The molecule has 1 saturated carbocycles. The number of hydrogen-bond donors (Lipinski definition) is 2. The fourth-order valence-electron chi connectivity index (χ4n) is 2.97. The predicted octanol–water partition coefficient (Wildman–Crippen LogP) is 2.74. The van der Waals surface area contributed by atoms with Gasteiger partial charge in [-0.25, -0.2) is 0 Å². The summed E-state index contributed by atoms with van der Waals surface area (Å²) >= 11 is 0. The van der Waals surface area contributed by atoms with Crippen LogP contribution in [0.2, 0.25) is 0 Å². The summed E-state index contributed by atoms with van der Waals surface area (Å²) in [5.41, 5.74) is 8.29. The number of carbonyl (C=O) groups is 1. The minimum absolute atomic E-state index is 0. The molecule has 0 aliphatic heterocycles. The van der Waals surface area contributed by atoms with Crippen molar-refractivity contribution in [1.82, 2.24) is 5.32 Å². The molecule has 1 aromatic carbocycles. The second kappa shape index (κ2) is 9.01. The van der Waals surface area contributed by atoms with Gasteiger partial charge in [-0.15, -0.1) is 12.4 Å². The minimum atomic E-state index is 0. The van der Waals surface area contributed by atoms with Crippen LogP contribution < -0.4 is 15.8 Å². The van der Waals surface area contributed by atoms with E-state index >= 15 is 0 Å². The van der Waals surface area contributed by atoms with Crippen LogP contribution in [0, 0.1) is 19.8 Å². The highest BCUT2D eigenvalue weighted by atomic mass is 35.5. The van der Waals surface area contributed by atoms with E-state index in [2.05, 4.69) is 11.4 Å². The van der Waals surface area contributed by atoms with Gasteiger partial charge >= 0.3 is 0 Å². The van der Waals surface area contributed by atoms with Gasteiger partial charge < -0.3 is 15.8 Å². The summed E-state index contributed by atoms with van der Waals surface area (Å²) in [4.78, 5) is 12.0. The molecule has 0 radical (unpaired) electrons. The van der Waals surface area contributed by atoms with E-state index in [9.17, 15) is 4.79 Å². The van der Waals surface area contributed by atoms with Gasteiger partial charge in [0.05, 0.1) is 6.54 Å². The smallest absolute Gasteiger partial charge is 0.223 e. The molecule has 2 rings (SSSR count). The Balaban J connectivity index is 0.00000242. The lowest BCUT2D eigenvalue weighted by molar-refractivity contribution is -0.126. The first-order valence-electron chi connectivity index (χ1n) is 7.79. The van der Waals surface area contributed by atoms with Crippen molar-refractivity contribution in [3.8, 4) is 5.75 Å². The highest BCUT2D eigenvalue weighted by Gasteiger charge is 2.24. The molecule has 1 aliphatic carbocycles. The molecule has 2 atom stereocenters. The van der Waals surface area contributed by atoms with Gasteiger partial charge in [0.15, 0.2) is 0 Å². The zero-order chi connectivity index (χ0) is 15.2. The van der Waals surface area contributed by atoms with Crippen LogP contribution in [-0.2, 0) is 4.79 Å². The lowest BCUT2D eigenvalue weighted by Crippen LogP contribution is -2.39. The summed E-state index contributed by atoms with van der Waals surface area (Å²) in [6.45, 7) is 5.13. The number of rotatable bonds is 5. The van der Waals surface area contributed by atoms with Crippen molar-refractivity contribution in [2.45, 2.75) is 45.6 Å². The summed E-state index contributed by atoms with van der Waals surface area (Å²) in [5, 5.41) is 2.95. The van der Waals surface area contributed by atoms with Gasteiger partial charge in [0.25, 0.3) is 0 Å². The highest BCUT2D eigenvalue weighted by molar-refractivity contribution is 5.85. The number of benzene rings is 1. The molecular weight excluding hydrogens is 300 g/mol. The summed E-state index contributed by atoms with van der Waals surface area (Å²) in [6, 6.07) is 6.31. The van der Waals surface area contributed by atoms with Gasteiger partial charge in [-0.1, -0.05) is 12.5 Å². The van der Waals surface area contributed by atoms with Crippen molar-refractivity contribution in [3.05, 3.63) is 29.3 Å². The van der Waals surface area contributed by atoms with Crippen molar-refractivity contribution < 1.29 is 9.53 Å². The standard InChI is InChI=1S/C17H26N2O2.ClH/c1-12-8-13(2)10-16(9-12)21-7-6-19-17(20)14-4-3-5-15(18)11-14;/h8-10,14-15H,3-7,11,18H2,1-2H3,(H,19,20);1H. The second-order valence-electron chi connectivity index (χ2n) is 6.09. The molecule has 1 aromatic rings. The summed E-state index contributed by atoms with van der Waals surface area (Å²) in [6.07, 6.45) is 3.86. The van der Waals surface area contributed by atoms with E-state index in [4.69, 9.17) is 10.5 Å². The SMILES string of the molecule is Cc1cc(C)cc(OCCNC(=O)C2CCCC(N)C2)c1.Cl. The van der Waals surface area contributed by atoms with Gasteiger partial charge in [-0.05, 0) is 56.4 Å². The van der Waals surface area contributed by atoms with Crippen molar-refractivity contribution in [2.24, 2.45) is 11.7 Å². The third-order valence-corrected chi connectivity index (χ3v) is 3.95. The summed E-state index contributed by atoms with van der Waals surface area (Å²) in [5.74, 6) is 1.06. The normalized spacial score (nSPS) is 20.9. The van der Waals surface area contributed by atoms with E-state index in [0.29, 0.717) is 13.2 Å². The van der Waals surface area contributed by atoms with Gasteiger partial charge in [0.1, 0.15) is 12.4 Å². The number of halogens is 1. The van der Waals surface area contributed by atoms with Crippen molar-refractivity contribution >= 4 is 18.3 Å². The Morgan fingerprint density at radius 2 is 1.95 bits per heavy atom. The van der Waals surface area contributed by atoms with Crippen LogP contribution in [0.5, 0.6) is 5.75 Å². The van der Waals surface area contributed by atoms with E-state index in [0.717, 1.165) is 31.4 Å². The zero-order valence-corrected chi connectivity index (χ0v) is 14.2. The zero-order valence-electron chi connectivity index (χ0n) is 13.4. The first kappa shape index (κ1) is 18.8. The Morgan fingerprint density at radius 3 is 2.59 bits per heavy atom. The number of amides is 1. The number of hydrogen-bond acceptors (Lipinski definition) is 3. The fraction of sp³-hybridized carbons (Fsp3) is 0.588. The molecule has 0 spiro atoms. The third-order valence-electron chi connectivity index (χ3n) is 3.95. The topological polar surface area (TPSA) is 64.3 Å². The molecule has 5 heteroatoms. The molecule has 0 aromatic heterocycles. The molecule has 0 bridgehead atoms. The summed E-state index contributed by atoms with van der Waals surface area (Å²) in [7, 11) is 0. The van der Waals surface area contributed by atoms with E-state index in [1.807, 2.05) is 26.0 Å². The maximum Gasteiger partial charge on any atom is 0.223 e. The molecule has 2 unspecified atom stereocenters. The molecule has 22 heavy (non-hydrogen) atoms. The van der Waals surface area contributed by atoms with Crippen LogP contribution in [0.15, 0.2) is 18.2 Å². The molecule has 0 heterocycles. The summed E-state index contributed by atoms with van der Waals surface area (Å²) < 4.78 is 5.69. The van der Waals surface area contributed by atoms with Gasteiger partial charge in [0, 0.05) is 12.0 Å². The average molecular weight is 327 g/mol. The van der Waals surface area contributed by atoms with E-state index < -0.39 is 0 Å². The molecule has 1 fully saturated rings. The molecule has 0 saturated heterocycles. The van der Waals surface area contributed by atoms with Crippen molar-refractivity contribution in [3.63, 3.8) is 0 Å². The number of carbonyl (C=O) groups excluding carboxylic acids is 1. The fourth-order valence-corrected chi connectivity index (χ4v) is 2.97. The predicted molar refractivity (Wildman–Crippen MR) is 91.6 cm³/mol. The van der Waals surface area contributed by atoms with Gasteiger partial charge in [-0.2, -0.15) is 0 Å². The Hall–Kier alpha value is -1.26. The van der Waals surface area contributed by atoms with E-state index in [-0.39, 0.29) is 30.3 Å². The lowest BCUT2D eigenvalue weighted by atomic mass is 9.85. The van der Waals surface area contributed by atoms with Crippen molar-refractivity contribution in [2.75, 3.05) is 13.2 Å². The number of aryl methyl sites for hydroxylation is 2. The van der Waals surface area contributed by atoms with Crippen LogP contribution in [-0.4, -0.2) is 25.1 Å².